The molecular formula is C25H30N6O2. The van der Waals surface area contributed by atoms with Crippen LogP contribution in [0.3, 0.4) is 0 Å². The second-order valence-corrected chi connectivity index (χ2v) is 8.98. The summed E-state index contributed by atoms with van der Waals surface area (Å²) in [7, 11) is 0. The van der Waals surface area contributed by atoms with Crippen molar-refractivity contribution in [3.8, 4) is 0 Å². The molecule has 0 spiro atoms. The second-order valence-electron chi connectivity index (χ2n) is 8.98. The number of aromatic nitrogens is 3. The number of nitrogens with one attached hydrogen (secondary N) is 2. The van der Waals surface area contributed by atoms with Crippen molar-refractivity contribution in [1.82, 2.24) is 25.2 Å². The van der Waals surface area contributed by atoms with Crippen LogP contribution in [-0.2, 0) is 13.0 Å². The maximum Gasteiger partial charge on any atom is 0.270 e. The van der Waals surface area contributed by atoms with Crippen LogP contribution in [0.1, 0.15) is 47.9 Å². The number of carbonyl (C=O) groups excluding carboxylic acids is 1. The Kier molecular flexibility index (Phi) is 6.09. The van der Waals surface area contributed by atoms with E-state index in [2.05, 4.69) is 36.1 Å². The summed E-state index contributed by atoms with van der Waals surface area (Å²) in [5.41, 5.74) is 4.80. The zero-order valence-corrected chi connectivity index (χ0v) is 19.0. The lowest BCUT2D eigenvalue weighted by Crippen LogP contribution is -2.46. The molecule has 1 saturated carbocycles. The Balaban J connectivity index is 1.17. The minimum absolute atomic E-state index is 0.0751. The van der Waals surface area contributed by atoms with Gasteiger partial charge in [-0.15, -0.1) is 0 Å². The first kappa shape index (κ1) is 21.6. The monoisotopic (exact) mass is 446 g/mol. The van der Waals surface area contributed by atoms with Crippen LogP contribution in [-0.4, -0.2) is 58.0 Å². The number of hydrogen-bond acceptors (Lipinski definition) is 6. The Morgan fingerprint density at radius 1 is 1.15 bits per heavy atom. The quantitative estimate of drug-likeness (QED) is 0.604. The van der Waals surface area contributed by atoms with Crippen LogP contribution in [0, 0.1) is 0 Å². The number of aromatic amines is 1. The molecule has 0 bridgehead atoms. The van der Waals surface area contributed by atoms with E-state index in [0.717, 1.165) is 62.3 Å². The first-order valence-electron chi connectivity index (χ1n) is 11.8. The molecule has 8 nitrogen and oxygen atoms in total. The van der Waals surface area contributed by atoms with E-state index in [9.17, 15) is 9.59 Å². The van der Waals surface area contributed by atoms with Gasteiger partial charge < -0.3 is 15.2 Å². The van der Waals surface area contributed by atoms with E-state index in [4.69, 9.17) is 0 Å². The van der Waals surface area contributed by atoms with Crippen molar-refractivity contribution in [1.29, 1.82) is 0 Å². The predicted molar refractivity (Wildman–Crippen MR) is 129 cm³/mol. The van der Waals surface area contributed by atoms with Crippen LogP contribution in [0.25, 0.3) is 11.0 Å². The molecule has 2 N–H and O–H groups in total. The van der Waals surface area contributed by atoms with Crippen molar-refractivity contribution < 1.29 is 4.79 Å². The number of anilines is 1. The zero-order valence-electron chi connectivity index (χ0n) is 19.0. The number of carbonyl (C=O) groups is 1. The molecule has 8 heteroatoms. The van der Waals surface area contributed by atoms with E-state index >= 15 is 0 Å². The molecule has 33 heavy (non-hydrogen) atoms. The van der Waals surface area contributed by atoms with Crippen molar-refractivity contribution in [2.24, 2.45) is 0 Å². The number of aryl methyl sites for hydroxylation is 1. The number of H-pyrrole nitrogens is 1. The summed E-state index contributed by atoms with van der Waals surface area (Å²) in [6.07, 6.45) is 5.77. The van der Waals surface area contributed by atoms with Gasteiger partial charge >= 0.3 is 0 Å². The van der Waals surface area contributed by atoms with Crippen LogP contribution >= 0.6 is 0 Å². The van der Waals surface area contributed by atoms with Gasteiger partial charge in [0.05, 0.1) is 22.9 Å². The first-order chi connectivity index (χ1) is 16.1. The number of pyridine rings is 1. The lowest BCUT2D eigenvalue weighted by atomic mass is 9.93. The van der Waals surface area contributed by atoms with Gasteiger partial charge in [-0.05, 0) is 55.5 Å². The van der Waals surface area contributed by atoms with Crippen LogP contribution < -0.4 is 15.8 Å². The molecule has 3 aromatic rings. The van der Waals surface area contributed by atoms with Crippen LogP contribution in [0.5, 0.6) is 0 Å². The van der Waals surface area contributed by atoms with Gasteiger partial charge in [0.2, 0.25) is 0 Å². The molecule has 172 valence electrons. The fraction of sp³-hybridized carbons (Fsp3) is 0.440. The molecule has 2 aromatic heterocycles. The Bertz CT molecular complexity index is 1190. The number of amides is 1. The molecule has 1 amide bonds. The minimum atomic E-state index is -0.101. The van der Waals surface area contributed by atoms with Gasteiger partial charge in [-0.3, -0.25) is 14.5 Å². The first-order valence-corrected chi connectivity index (χ1v) is 11.8. The van der Waals surface area contributed by atoms with Crippen LogP contribution in [0.4, 0.5) is 5.69 Å². The highest BCUT2D eigenvalue weighted by molar-refractivity contribution is 5.92. The third-order valence-corrected chi connectivity index (χ3v) is 6.73. The molecule has 2 fully saturated rings. The maximum atomic E-state index is 12.3. The molecule has 1 saturated heterocycles. The lowest BCUT2D eigenvalue weighted by Gasteiger charge is -2.36. The number of benzene rings is 1. The smallest absolute Gasteiger partial charge is 0.270 e. The van der Waals surface area contributed by atoms with Gasteiger partial charge in [0.25, 0.3) is 11.5 Å². The number of hydrogen-bond donors (Lipinski definition) is 2. The van der Waals surface area contributed by atoms with E-state index in [-0.39, 0.29) is 11.5 Å². The van der Waals surface area contributed by atoms with Gasteiger partial charge in [-0.2, -0.15) is 0 Å². The largest absolute Gasteiger partial charge is 0.368 e. The van der Waals surface area contributed by atoms with Crippen molar-refractivity contribution in [3.05, 3.63) is 63.8 Å². The third kappa shape index (κ3) is 4.75. The van der Waals surface area contributed by atoms with Gasteiger partial charge in [0, 0.05) is 38.8 Å². The van der Waals surface area contributed by atoms with Gasteiger partial charge in [0.1, 0.15) is 11.4 Å². The highest BCUT2D eigenvalue weighted by atomic mass is 16.2. The summed E-state index contributed by atoms with van der Waals surface area (Å²) in [5, 5.41) is 3.04. The van der Waals surface area contributed by atoms with Crippen molar-refractivity contribution in [2.75, 3.05) is 31.1 Å². The number of nitrogens with zero attached hydrogens (tertiary/aromatic N) is 4. The molecular weight excluding hydrogens is 416 g/mol. The summed E-state index contributed by atoms with van der Waals surface area (Å²) in [6.45, 7) is 6.45. The molecule has 2 aliphatic rings. The normalized spacial score (nSPS) is 17.2. The van der Waals surface area contributed by atoms with Gasteiger partial charge in [0.15, 0.2) is 0 Å². The molecule has 0 radical (unpaired) electrons. The van der Waals surface area contributed by atoms with E-state index in [1.807, 2.05) is 37.4 Å². The highest BCUT2D eigenvalue weighted by Crippen LogP contribution is 2.20. The Hall–Kier alpha value is -3.26. The maximum absolute atomic E-state index is 12.3. The topological polar surface area (TPSA) is 94.2 Å². The number of fused-ring (bicyclic) bond motifs is 1. The van der Waals surface area contributed by atoms with Crippen LogP contribution in [0.2, 0.25) is 0 Å². The van der Waals surface area contributed by atoms with E-state index in [1.54, 1.807) is 0 Å². The summed E-state index contributed by atoms with van der Waals surface area (Å²) < 4.78 is 0. The van der Waals surface area contributed by atoms with Crippen molar-refractivity contribution in [3.63, 3.8) is 0 Å². The summed E-state index contributed by atoms with van der Waals surface area (Å²) in [6, 6.07) is 10.3. The zero-order chi connectivity index (χ0) is 22.8. The molecule has 1 aliphatic carbocycles. The highest BCUT2D eigenvalue weighted by Gasteiger charge is 2.22. The van der Waals surface area contributed by atoms with Crippen molar-refractivity contribution >= 4 is 22.6 Å². The molecule has 1 aliphatic heterocycles. The van der Waals surface area contributed by atoms with Gasteiger partial charge in [-0.25, -0.2) is 9.97 Å². The molecule has 5 rings (SSSR count). The Morgan fingerprint density at radius 2 is 1.97 bits per heavy atom. The van der Waals surface area contributed by atoms with Crippen LogP contribution in [0.15, 0.2) is 41.3 Å². The molecule has 0 atom stereocenters. The Morgan fingerprint density at radius 3 is 2.64 bits per heavy atom. The summed E-state index contributed by atoms with van der Waals surface area (Å²) >= 11 is 0. The number of piperazine rings is 1. The molecule has 1 aromatic carbocycles. The Labute approximate surface area is 193 Å². The fourth-order valence-corrected chi connectivity index (χ4v) is 4.45. The fourth-order valence-electron chi connectivity index (χ4n) is 4.45. The third-order valence-electron chi connectivity index (χ3n) is 6.73. The summed E-state index contributed by atoms with van der Waals surface area (Å²) in [4.78, 5) is 40.9. The minimum Gasteiger partial charge on any atom is -0.368 e. The van der Waals surface area contributed by atoms with Gasteiger partial charge in [-0.1, -0.05) is 13.0 Å². The summed E-state index contributed by atoms with van der Waals surface area (Å²) in [5.74, 6) is -0.0751. The van der Waals surface area contributed by atoms with E-state index < -0.39 is 0 Å². The van der Waals surface area contributed by atoms with E-state index in [0.29, 0.717) is 23.9 Å². The van der Waals surface area contributed by atoms with Crippen molar-refractivity contribution in [2.45, 2.75) is 45.2 Å². The SMILES string of the molecule is CCc1nc2ccc(CN3CCN(c4ccc(C(=O)NC5CCC5)nc4)CC3)cc2[nH]c1=O. The number of rotatable bonds is 6. The van der Waals surface area contributed by atoms with E-state index in [1.165, 1.54) is 12.0 Å². The average Bonchev–Trinajstić information content (AvgIpc) is 2.81. The molecule has 3 heterocycles. The average molecular weight is 447 g/mol. The second kappa shape index (κ2) is 9.31. The standard InChI is InChI=1S/C25H30N6O2/c1-2-20-24(32)29-23-14-17(6-8-21(23)28-20)16-30-10-12-31(13-11-30)19-7-9-22(26-15-19)25(33)27-18-4-3-5-18/h6-9,14-15,18H,2-5,10-13,16H2,1H3,(H,27,33)(H,29,32). The molecule has 0 unspecified atom stereocenters. The predicted octanol–water partition coefficient (Wildman–Crippen LogP) is 2.49. The lowest BCUT2D eigenvalue weighted by molar-refractivity contribution is 0.0912.